The summed E-state index contributed by atoms with van der Waals surface area (Å²) in [5, 5.41) is 1.18. The van der Waals surface area contributed by atoms with E-state index in [1.54, 1.807) is 0 Å². The van der Waals surface area contributed by atoms with Crippen LogP contribution in [0.2, 0.25) is 0 Å². The summed E-state index contributed by atoms with van der Waals surface area (Å²) >= 11 is 1.88. The maximum absolute atomic E-state index is 4.98. The SMILES string of the molecule is CC[C@@H]1CSC2=N[C@@H](c3ccccn3)[C@H](c3ccc[nH]3)N21. The molecule has 0 aromatic carbocycles. The Kier molecular flexibility index (Phi) is 3.22. The summed E-state index contributed by atoms with van der Waals surface area (Å²) in [7, 11) is 0. The quantitative estimate of drug-likeness (QED) is 0.944. The molecule has 2 aromatic heterocycles. The van der Waals surface area contributed by atoms with Crippen LogP contribution >= 0.6 is 11.8 Å². The van der Waals surface area contributed by atoms with Gasteiger partial charge in [0.2, 0.25) is 0 Å². The molecule has 2 aromatic rings. The highest BCUT2D eigenvalue weighted by molar-refractivity contribution is 8.14. The van der Waals surface area contributed by atoms with Gasteiger partial charge in [-0.05, 0) is 30.7 Å². The van der Waals surface area contributed by atoms with Gasteiger partial charge < -0.3 is 9.88 Å². The van der Waals surface area contributed by atoms with Gasteiger partial charge in [-0.25, -0.2) is 0 Å². The smallest absolute Gasteiger partial charge is 0.160 e. The Morgan fingerprint density at radius 1 is 1.33 bits per heavy atom. The van der Waals surface area contributed by atoms with Gasteiger partial charge in [0, 0.05) is 29.9 Å². The molecule has 4 nitrogen and oxygen atoms in total. The van der Waals surface area contributed by atoms with Crippen molar-refractivity contribution in [2.24, 2.45) is 4.99 Å². The average Bonchev–Trinajstić information content (AvgIpc) is 3.23. The maximum atomic E-state index is 4.98. The molecular formula is C16H18N4S. The molecule has 21 heavy (non-hydrogen) atoms. The molecular weight excluding hydrogens is 280 g/mol. The zero-order valence-corrected chi connectivity index (χ0v) is 12.8. The molecule has 0 bridgehead atoms. The van der Waals surface area contributed by atoms with Crippen LogP contribution < -0.4 is 0 Å². The first-order chi connectivity index (χ1) is 10.4. The van der Waals surface area contributed by atoms with Crippen LogP contribution in [0.4, 0.5) is 0 Å². The Hall–Kier alpha value is -1.75. The lowest BCUT2D eigenvalue weighted by Crippen LogP contribution is -2.35. The van der Waals surface area contributed by atoms with Crippen molar-refractivity contribution in [3.05, 3.63) is 54.1 Å². The fourth-order valence-electron chi connectivity index (χ4n) is 3.21. The Labute approximate surface area is 128 Å². The van der Waals surface area contributed by atoms with Gasteiger partial charge in [0.05, 0.1) is 11.7 Å². The van der Waals surface area contributed by atoms with Gasteiger partial charge in [-0.2, -0.15) is 0 Å². The van der Waals surface area contributed by atoms with Crippen LogP contribution in [0.25, 0.3) is 0 Å². The number of hydrogen-bond acceptors (Lipinski definition) is 4. The molecule has 0 aliphatic carbocycles. The second-order valence-corrected chi connectivity index (χ2v) is 6.45. The number of thioether (sulfide) groups is 1. The van der Waals surface area contributed by atoms with Crippen molar-refractivity contribution in [1.82, 2.24) is 14.9 Å². The zero-order chi connectivity index (χ0) is 14.2. The first kappa shape index (κ1) is 13.0. The average molecular weight is 298 g/mol. The monoisotopic (exact) mass is 298 g/mol. The van der Waals surface area contributed by atoms with E-state index in [1.807, 2.05) is 36.3 Å². The largest absolute Gasteiger partial charge is 0.363 e. The van der Waals surface area contributed by atoms with E-state index in [4.69, 9.17) is 4.99 Å². The summed E-state index contributed by atoms with van der Waals surface area (Å²) in [5.41, 5.74) is 2.28. The van der Waals surface area contributed by atoms with E-state index in [9.17, 15) is 0 Å². The molecule has 1 fully saturated rings. The molecule has 0 spiro atoms. The molecule has 5 heteroatoms. The molecule has 2 aliphatic heterocycles. The predicted octanol–water partition coefficient (Wildman–Crippen LogP) is 3.39. The number of pyridine rings is 1. The highest BCUT2D eigenvalue weighted by atomic mass is 32.2. The number of hydrogen-bond donors (Lipinski definition) is 1. The number of rotatable bonds is 3. The molecule has 4 rings (SSSR count). The maximum Gasteiger partial charge on any atom is 0.160 e. The number of aromatic nitrogens is 2. The summed E-state index contributed by atoms with van der Waals surface area (Å²) < 4.78 is 0. The van der Waals surface area contributed by atoms with Gasteiger partial charge in [0.1, 0.15) is 6.04 Å². The highest BCUT2D eigenvalue weighted by Crippen LogP contribution is 2.47. The van der Waals surface area contributed by atoms with Crippen molar-refractivity contribution in [3.8, 4) is 0 Å². The fourth-order valence-corrected chi connectivity index (χ4v) is 4.55. The standard InChI is InChI=1S/C16H18N4S/c1-2-11-10-21-16-19-14(12-6-3-4-8-17-12)15(20(11)16)13-7-5-9-18-13/h3-9,11,14-15,18H,2,10H2,1H3/t11-,14+,15+/m1/s1. The van der Waals surface area contributed by atoms with Crippen LogP contribution in [-0.4, -0.2) is 31.8 Å². The molecule has 0 radical (unpaired) electrons. The van der Waals surface area contributed by atoms with Crippen LogP contribution in [-0.2, 0) is 0 Å². The lowest BCUT2D eigenvalue weighted by atomic mass is 10.00. The van der Waals surface area contributed by atoms with Gasteiger partial charge in [0.15, 0.2) is 5.17 Å². The number of nitrogens with one attached hydrogen (secondary N) is 1. The van der Waals surface area contributed by atoms with Crippen molar-refractivity contribution in [2.75, 3.05) is 5.75 Å². The lowest BCUT2D eigenvalue weighted by Gasteiger charge is -2.30. The molecule has 3 atom stereocenters. The van der Waals surface area contributed by atoms with E-state index in [0.717, 1.165) is 17.9 Å². The normalized spacial score (nSPS) is 27.8. The molecule has 108 valence electrons. The van der Waals surface area contributed by atoms with Crippen molar-refractivity contribution in [3.63, 3.8) is 0 Å². The topological polar surface area (TPSA) is 44.3 Å². The molecule has 0 unspecified atom stereocenters. The number of amidine groups is 1. The van der Waals surface area contributed by atoms with Crippen LogP contribution in [0.3, 0.4) is 0 Å². The molecule has 4 heterocycles. The van der Waals surface area contributed by atoms with E-state index in [2.05, 4.69) is 40.0 Å². The Balaban J connectivity index is 1.78. The molecule has 0 amide bonds. The first-order valence-corrected chi connectivity index (χ1v) is 8.40. The van der Waals surface area contributed by atoms with Gasteiger partial charge in [-0.15, -0.1) is 0 Å². The number of aliphatic imine (C=N–C) groups is 1. The molecule has 0 saturated carbocycles. The number of H-pyrrole nitrogens is 1. The summed E-state index contributed by atoms with van der Waals surface area (Å²) in [6.07, 6.45) is 5.00. The number of aromatic amines is 1. The van der Waals surface area contributed by atoms with E-state index in [0.29, 0.717) is 6.04 Å². The minimum atomic E-state index is 0.0849. The summed E-state index contributed by atoms with van der Waals surface area (Å²) in [4.78, 5) is 15.4. The Morgan fingerprint density at radius 3 is 3.00 bits per heavy atom. The van der Waals surface area contributed by atoms with Crippen LogP contribution in [0.5, 0.6) is 0 Å². The lowest BCUT2D eigenvalue weighted by molar-refractivity contribution is 0.251. The second kappa shape index (κ2) is 5.22. The highest BCUT2D eigenvalue weighted by Gasteiger charge is 2.45. The van der Waals surface area contributed by atoms with Crippen molar-refractivity contribution in [1.29, 1.82) is 0 Å². The third kappa shape index (κ3) is 2.07. The van der Waals surface area contributed by atoms with E-state index >= 15 is 0 Å². The molecule has 2 aliphatic rings. The first-order valence-electron chi connectivity index (χ1n) is 7.41. The minimum absolute atomic E-state index is 0.0849. The molecule has 1 saturated heterocycles. The Bertz CT molecular complexity index is 638. The Morgan fingerprint density at radius 2 is 2.29 bits per heavy atom. The van der Waals surface area contributed by atoms with Gasteiger partial charge >= 0.3 is 0 Å². The van der Waals surface area contributed by atoms with Crippen LogP contribution in [0.1, 0.15) is 36.8 Å². The van der Waals surface area contributed by atoms with Crippen molar-refractivity contribution in [2.45, 2.75) is 31.5 Å². The van der Waals surface area contributed by atoms with E-state index in [-0.39, 0.29) is 12.1 Å². The van der Waals surface area contributed by atoms with Gasteiger partial charge in [0.25, 0.3) is 0 Å². The zero-order valence-electron chi connectivity index (χ0n) is 11.9. The predicted molar refractivity (Wildman–Crippen MR) is 86.3 cm³/mol. The summed E-state index contributed by atoms with van der Waals surface area (Å²) in [6.45, 7) is 2.26. The number of fused-ring (bicyclic) bond motifs is 1. The minimum Gasteiger partial charge on any atom is -0.363 e. The fraction of sp³-hybridized carbons (Fsp3) is 0.375. The third-order valence-electron chi connectivity index (χ3n) is 4.27. The van der Waals surface area contributed by atoms with Gasteiger partial charge in [-0.3, -0.25) is 9.98 Å². The second-order valence-electron chi connectivity index (χ2n) is 5.46. The van der Waals surface area contributed by atoms with Crippen LogP contribution in [0, 0.1) is 0 Å². The number of nitrogens with zero attached hydrogens (tertiary/aromatic N) is 3. The van der Waals surface area contributed by atoms with Gasteiger partial charge in [-0.1, -0.05) is 24.8 Å². The van der Waals surface area contributed by atoms with Crippen LogP contribution in [0.15, 0.2) is 47.7 Å². The van der Waals surface area contributed by atoms with Crippen molar-refractivity contribution < 1.29 is 0 Å². The van der Waals surface area contributed by atoms with E-state index < -0.39 is 0 Å². The third-order valence-corrected chi connectivity index (χ3v) is 5.40. The molecule has 1 N–H and O–H groups in total. The summed E-state index contributed by atoms with van der Waals surface area (Å²) in [6, 6.07) is 11.2. The van der Waals surface area contributed by atoms with Crippen molar-refractivity contribution >= 4 is 16.9 Å². The summed E-state index contributed by atoms with van der Waals surface area (Å²) in [5.74, 6) is 1.14. The van der Waals surface area contributed by atoms with E-state index in [1.165, 1.54) is 10.9 Å².